The van der Waals surface area contributed by atoms with Crippen molar-refractivity contribution in [2.75, 3.05) is 23.3 Å². The second-order valence-corrected chi connectivity index (χ2v) is 6.57. The predicted molar refractivity (Wildman–Crippen MR) is 112 cm³/mol. The second kappa shape index (κ2) is 8.64. The number of benzene rings is 1. The molecule has 0 aliphatic heterocycles. The Morgan fingerprint density at radius 1 is 1.10 bits per heavy atom. The Bertz CT molecular complexity index is 1220. The highest BCUT2D eigenvalue weighted by Gasteiger charge is 2.15. The number of aliphatic carboxylic acids is 1. The molecular formula is C21H21N3O6. The Morgan fingerprint density at radius 2 is 1.83 bits per heavy atom. The number of hydrogen-bond acceptors (Lipinski definition) is 6. The number of carbonyl (C=O) groups excluding carboxylic acids is 1. The first-order chi connectivity index (χ1) is 14.3. The van der Waals surface area contributed by atoms with E-state index in [2.05, 4.69) is 10.2 Å². The standard InChI is InChI=1S/C21H21N3O6/c1-3-23(4-2)15-7-5-13-9-16(21(29)30-17(13)10-15)20(28)22-14-6-8-18(25)24(11-14)12-19(26)27/h5-11H,3-4,12H2,1-2H3,(H,22,28)(H,26,27). The summed E-state index contributed by atoms with van der Waals surface area (Å²) in [4.78, 5) is 49.6. The molecule has 3 aromatic rings. The van der Waals surface area contributed by atoms with Gasteiger partial charge in [-0.1, -0.05) is 0 Å². The van der Waals surface area contributed by atoms with Gasteiger partial charge in [0, 0.05) is 42.5 Å². The number of pyridine rings is 1. The van der Waals surface area contributed by atoms with Gasteiger partial charge in [-0.25, -0.2) is 4.79 Å². The molecule has 1 aromatic carbocycles. The van der Waals surface area contributed by atoms with Gasteiger partial charge >= 0.3 is 11.6 Å². The fraction of sp³-hybridized carbons (Fsp3) is 0.238. The van der Waals surface area contributed by atoms with E-state index in [0.717, 1.165) is 29.4 Å². The molecule has 2 heterocycles. The Hall–Kier alpha value is -3.88. The number of fused-ring (bicyclic) bond motifs is 1. The quantitative estimate of drug-likeness (QED) is 0.571. The molecule has 2 N–H and O–H groups in total. The first kappa shape index (κ1) is 20.8. The molecule has 0 saturated carbocycles. The van der Waals surface area contributed by atoms with Crippen molar-refractivity contribution in [3.63, 3.8) is 0 Å². The molecule has 9 nitrogen and oxygen atoms in total. The minimum absolute atomic E-state index is 0.178. The van der Waals surface area contributed by atoms with E-state index in [1.165, 1.54) is 18.3 Å². The van der Waals surface area contributed by atoms with Crippen molar-refractivity contribution in [2.45, 2.75) is 20.4 Å². The van der Waals surface area contributed by atoms with Crippen molar-refractivity contribution >= 4 is 34.2 Å². The highest BCUT2D eigenvalue weighted by molar-refractivity contribution is 6.05. The van der Waals surface area contributed by atoms with E-state index in [4.69, 9.17) is 9.52 Å². The molecule has 0 spiro atoms. The van der Waals surface area contributed by atoms with Gasteiger partial charge in [-0.05, 0) is 38.1 Å². The molecule has 156 valence electrons. The highest BCUT2D eigenvalue weighted by Crippen LogP contribution is 2.22. The maximum Gasteiger partial charge on any atom is 0.349 e. The highest BCUT2D eigenvalue weighted by atomic mass is 16.4. The van der Waals surface area contributed by atoms with Crippen LogP contribution in [0, 0.1) is 0 Å². The molecule has 0 radical (unpaired) electrons. The molecule has 9 heteroatoms. The molecule has 0 bridgehead atoms. The maximum absolute atomic E-state index is 12.6. The number of aromatic nitrogens is 1. The second-order valence-electron chi connectivity index (χ2n) is 6.57. The average Bonchev–Trinajstić information content (AvgIpc) is 2.70. The minimum Gasteiger partial charge on any atom is -0.480 e. The summed E-state index contributed by atoms with van der Waals surface area (Å²) in [6, 6.07) is 9.32. The van der Waals surface area contributed by atoms with Gasteiger partial charge in [0.1, 0.15) is 17.7 Å². The maximum atomic E-state index is 12.6. The van der Waals surface area contributed by atoms with Crippen molar-refractivity contribution in [2.24, 2.45) is 0 Å². The number of rotatable bonds is 7. The van der Waals surface area contributed by atoms with E-state index in [1.54, 1.807) is 12.1 Å². The molecule has 0 unspecified atom stereocenters. The van der Waals surface area contributed by atoms with Crippen LogP contribution in [0.4, 0.5) is 11.4 Å². The number of nitrogens with zero attached hydrogens (tertiary/aromatic N) is 2. The van der Waals surface area contributed by atoms with Crippen LogP contribution in [-0.2, 0) is 11.3 Å². The number of carbonyl (C=O) groups is 2. The molecule has 2 aromatic heterocycles. The van der Waals surface area contributed by atoms with Crippen molar-refractivity contribution in [3.8, 4) is 0 Å². The van der Waals surface area contributed by atoms with Gasteiger partial charge in [-0.2, -0.15) is 0 Å². The normalized spacial score (nSPS) is 10.7. The molecule has 1 amide bonds. The number of amides is 1. The molecule has 0 saturated heterocycles. The average molecular weight is 411 g/mol. The first-order valence-electron chi connectivity index (χ1n) is 9.38. The summed E-state index contributed by atoms with van der Waals surface area (Å²) in [5.74, 6) is -1.92. The van der Waals surface area contributed by atoms with E-state index >= 15 is 0 Å². The zero-order valence-corrected chi connectivity index (χ0v) is 16.5. The number of nitrogens with one attached hydrogen (secondary N) is 1. The smallest absolute Gasteiger partial charge is 0.349 e. The van der Waals surface area contributed by atoms with Crippen LogP contribution < -0.4 is 21.4 Å². The summed E-state index contributed by atoms with van der Waals surface area (Å²) >= 11 is 0. The van der Waals surface area contributed by atoms with Crippen molar-refractivity contribution in [1.29, 1.82) is 0 Å². The summed E-state index contributed by atoms with van der Waals surface area (Å²) in [6.07, 6.45) is 1.20. The Morgan fingerprint density at radius 3 is 2.50 bits per heavy atom. The number of carboxylic acids is 1. The Kier molecular flexibility index (Phi) is 6.01. The van der Waals surface area contributed by atoms with Crippen molar-refractivity contribution in [3.05, 3.63) is 68.9 Å². The molecule has 0 fully saturated rings. The van der Waals surface area contributed by atoms with Crippen LogP contribution >= 0.6 is 0 Å². The van der Waals surface area contributed by atoms with Crippen LogP contribution in [0.1, 0.15) is 24.2 Å². The van der Waals surface area contributed by atoms with Crippen LogP contribution in [0.5, 0.6) is 0 Å². The van der Waals surface area contributed by atoms with Gasteiger partial charge in [0.2, 0.25) is 0 Å². The fourth-order valence-corrected chi connectivity index (χ4v) is 3.12. The molecule has 30 heavy (non-hydrogen) atoms. The molecular weight excluding hydrogens is 390 g/mol. The SMILES string of the molecule is CCN(CC)c1ccc2cc(C(=O)Nc3ccc(=O)n(CC(=O)O)c3)c(=O)oc2c1. The van der Waals surface area contributed by atoms with Gasteiger partial charge in [0.05, 0.1) is 5.69 Å². The van der Waals surface area contributed by atoms with Crippen LogP contribution in [-0.4, -0.2) is 34.6 Å². The predicted octanol–water partition coefficient (Wildman–Crippen LogP) is 2.14. The summed E-state index contributed by atoms with van der Waals surface area (Å²) in [6.45, 7) is 5.11. The number of carboxylic acid groups (broad SMARTS) is 1. The molecule has 3 rings (SSSR count). The third kappa shape index (κ3) is 4.40. The summed E-state index contributed by atoms with van der Waals surface area (Å²) in [5, 5.41) is 11.9. The van der Waals surface area contributed by atoms with Gasteiger partial charge in [-0.3, -0.25) is 14.4 Å². The first-order valence-corrected chi connectivity index (χ1v) is 9.38. The van der Waals surface area contributed by atoms with Crippen molar-refractivity contribution < 1.29 is 19.1 Å². The number of hydrogen-bond donors (Lipinski definition) is 2. The zero-order chi connectivity index (χ0) is 21.8. The number of anilines is 2. The van der Waals surface area contributed by atoms with Gasteiger partial charge in [0.15, 0.2) is 0 Å². The largest absolute Gasteiger partial charge is 0.480 e. The molecule has 0 atom stereocenters. The Balaban J connectivity index is 1.91. The van der Waals surface area contributed by atoms with E-state index < -0.39 is 29.6 Å². The van der Waals surface area contributed by atoms with Gasteiger partial charge < -0.3 is 24.3 Å². The lowest BCUT2D eigenvalue weighted by atomic mass is 10.1. The van der Waals surface area contributed by atoms with Crippen LogP contribution in [0.25, 0.3) is 11.0 Å². The third-order valence-corrected chi connectivity index (χ3v) is 4.64. The Labute approximate surface area is 171 Å². The monoisotopic (exact) mass is 411 g/mol. The summed E-state index contributed by atoms with van der Waals surface area (Å²) < 4.78 is 6.29. The fourth-order valence-electron chi connectivity index (χ4n) is 3.12. The lowest BCUT2D eigenvalue weighted by molar-refractivity contribution is -0.137. The summed E-state index contributed by atoms with van der Waals surface area (Å²) in [7, 11) is 0. The van der Waals surface area contributed by atoms with E-state index in [9.17, 15) is 19.2 Å². The molecule has 0 aliphatic rings. The van der Waals surface area contributed by atoms with Crippen LogP contribution in [0.2, 0.25) is 0 Å². The van der Waals surface area contributed by atoms with Gasteiger partial charge in [0.25, 0.3) is 11.5 Å². The minimum atomic E-state index is -1.19. The lowest BCUT2D eigenvalue weighted by Crippen LogP contribution is -2.25. The van der Waals surface area contributed by atoms with Gasteiger partial charge in [-0.15, -0.1) is 0 Å². The third-order valence-electron chi connectivity index (χ3n) is 4.64. The van der Waals surface area contributed by atoms with Crippen LogP contribution in [0.15, 0.2) is 56.6 Å². The van der Waals surface area contributed by atoms with E-state index in [1.807, 2.05) is 19.9 Å². The van der Waals surface area contributed by atoms with Crippen LogP contribution in [0.3, 0.4) is 0 Å². The zero-order valence-electron chi connectivity index (χ0n) is 16.5. The lowest BCUT2D eigenvalue weighted by Gasteiger charge is -2.21. The van der Waals surface area contributed by atoms with Crippen molar-refractivity contribution in [1.82, 2.24) is 4.57 Å². The topological polar surface area (TPSA) is 122 Å². The van der Waals surface area contributed by atoms with E-state index in [0.29, 0.717) is 11.0 Å². The van der Waals surface area contributed by atoms with E-state index in [-0.39, 0.29) is 11.3 Å². The molecule has 0 aliphatic carbocycles. The summed E-state index contributed by atoms with van der Waals surface area (Å²) in [5.41, 5.74) is -0.0593.